The molecule has 0 amide bonds. The highest BCUT2D eigenvalue weighted by Gasteiger charge is 2.24. The van der Waals surface area contributed by atoms with E-state index in [9.17, 15) is 15.3 Å². The number of nitrogens with zero attached hydrogens (tertiary/aromatic N) is 2. The molecule has 1 aromatic heterocycles. The molecule has 22 heavy (non-hydrogen) atoms. The number of hydrogen-bond donors (Lipinski definition) is 2. The minimum atomic E-state index is -0.679. The van der Waals surface area contributed by atoms with Crippen LogP contribution in [0.1, 0.15) is 11.1 Å². The number of nitrogens with two attached hydrogens (primary N) is 1. The highest BCUT2D eigenvalue weighted by molar-refractivity contribution is 5.87. The van der Waals surface area contributed by atoms with E-state index >= 15 is 0 Å². The molecule has 1 aromatic carbocycles. The van der Waals surface area contributed by atoms with E-state index in [-0.39, 0.29) is 22.5 Å². The van der Waals surface area contributed by atoms with Crippen LogP contribution in [-0.2, 0) is 0 Å². The molecule has 1 heterocycles. The second kappa shape index (κ2) is 5.90. The van der Waals surface area contributed by atoms with E-state index in [0.29, 0.717) is 17.1 Å². The van der Waals surface area contributed by atoms with Gasteiger partial charge in [-0.15, -0.1) is 0 Å². The predicted molar refractivity (Wildman–Crippen MR) is 79.4 cm³/mol. The Kier molecular flexibility index (Phi) is 4.01. The van der Waals surface area contributed by atoms with Crippen molar-refractivity contribution in [2.75, 3.05) is 20.0 Å². The van der Waals surface area contributed by atoms with Crippen LogP contribution in [-0.4, -0.2) is 19.2 Å². The first-order chi connectivity index (χ1) is 10.6. The van der Waals surface area contributed by atoms with Crippen molar-refractivity contribution in [1.82, 2.24) is 4.98 Å². The lowest BCUT2D eigenvalue weighted by atomic mass is 9.95. The number of rotatable bonds is 3. The second-order valence-corrected chi connectivity index (χ2v) is 4.25. The zero-order valence-corrected chi connectivity index (χ0v) is 11.9. The van der Waals surface area contributed by atoms with Crippen molar-refractivity contribution in [3.05, 3.63) is 39.7 Å². The molecule has 0 atom stereocenters. The normalized spacial score (nSPS) is 9.64. The van der Waals surface area contributed by atoms with Crippen molar-refractivity contribution in [2.24, 2.45) is 0 Å². The van der Waals surface area contributed by atoms with Crippen LogP contribution in [0.25, 0.3) is 11.1 Å². The number of methoxy groups -OCH3 is 2. The number of pyridine rings is 1. The summed E-state index contributed by atoms with van der Waals surface area (Å²) in [5.74, 6) is 0.601. The van der Waals surface area contributed by atoms with Gasteiger partial charge >= 0.3 is 0 Å². The van der Waals surface area contributed by atoms with Gasteiger partial charge in [0, 0.05) is 5.56 Å². The summed E-state index contributed by atoms with van der Waals surface area (Å²) in [5, 5.41) is 18.7. The van der Waals surface area contributed by atoms with Crippen molar-refractivity contribution >= 4 is 5.82 Å². The van der Waals surface area contributed by atoms with Crippen LogP contribution < -0.4 is 20.8 Å². The molecular formula is C15H12N4O3. The largest absolute Gasteiger partial charge is 0.496 e. The Balaban J connectivity index is 3.05. The molecule has 3 N–H and O–H groups in total. The van der Waals surface area contributed by atoms with Crippen molar-refractivity contribution in [1.29, 1.82) is 10.5 Å². The Labute approximate surface area is 126 Å². The molecule has 0 saturated heterocycles. The fourth-order valence-corrected chi connectivity index (χ4v) is 2.19. The van der Waals surface area contributed by atoms with Gasteiger partial charge in [0.2, 0.25) is 0 Å². The van der Waals surface area contributed by atoms with E-state index in [2.05, 4.69) is 4.98 Å². The molecule has 0 aliphatic carbocycles. The summed E-state index contributed by atoms with van der Waals surface area (Å²) in [7, 11) is 2.87. The van der Waals surface area contributed by atoms with Crippen LogP contribution in [0.4, 0.5) is 5.82 Å². The van der Waals surface area contributed by atoms with Crippen LogP contribution in [0.5, 0.6) is 11.5 Å². The van der Waals surface area contributed by atoms with Gasteiger partial charge in [-0.3, -0.25) is 4.79 Å². The lowest BCUT2D eigenvalue weighted by molar-refractivity contribution is 0.397. The van der Waals surface area contributed by atoms with Crippen LogP contribution in [0, 0.1) is 22.7 Å². The first kappa shape index (κ1) is 14.9. The maximum Gasteiger partial charge on any atom is 0.268 e. The summed E-state index contributed by atoms with van der Waals surface area (Å²) in [6.07, 6.45) is 0. The van der Waals surface area contributed by atoms with Gasteiger partial charge in [-0.25, -0.2) is 0 Å². The van der Waals surface area contributed by atoms with Gasteiger partial charge in [0.15, 0.2) is 0 Å². The average Bonchev–Trinajstić information content (AvgIpc) is 2.53. The summed E-state index contributed by atoms with van der Waals surface area (Å²) in [6, 6.07) is 8.68. The Morgan fingerprint density at radius 2 is 1.59 bits per heavy atom. The van der Waals surface area contributed by atoms with Gasteiger partial charge in [-0.05, 0) is 12.1 Å². The molecule has 0 fully saturated rings. The molecule has 0 unspecified atom stereocenters. The maximum atomic E-state index is 12.0. The number of nitrogens with one attached hydrogen (secondary N) is 1. The number of anilines is 1. The molecule has 7 heteroatoms. The summed E-state index contributed by atoms with van der Waals surface area (Å²) in [4.78, 5) is 14.3. The van der Waals surface area contributed by atoms with Gasteiger partial charge in [0.25, 0.3) is 5.56 Å². The van der Waals surface area contributed by atoms with Crippen molar-refractivity contribution in [2.45, 2.75) is 0 Å². The van der Waals surface area contributed by atoms with Crippen LogP contribution in [0.2, 0.25) is 0 Å². The minimum Gasteiger partial charge on any atom is -0.496 e. The number of aromatic amines is 1. The van der Waals surface area contributed by atoms with Gasteiger partial charge < -0.3 is 20.2 Å². The number of ether oxygens (including phenoxy) is 2. The van der Waals surface area contributed by atoms with Gasteiger partial charge in [0.05, 0.1) is 19.8 Å². The van der Waals surface area contributed by atoms with Crippen LogP contribution in [0.15, 0.2) is 23.0 Å². The number of nitrogen functional groups attached to an aromatic ring is 1. The van der Waals surface area contributed by atoms with E-state index < -0.39 is 5.56 Å². The summed E-state index contributed by atoms with van der Waals surface area (Å²) < 4.78 is 10.5. The molecule has 2 aromatic rings. The predicted octanol–water partition coefficient (Wildman–Crippen LogP) is 1.38. The van der Waals surface area contributed by atoms with E-state index in [4.69, 9.17) is 15.2 Å². The molecule has 0 bridgehead atoms. The Morgan fingerprint density at radius 1 is 1.05 bits per heavy atom. The maximum absolute atomic E-state index is 12.0. The standard InChI is InChI=1S/C15H12N4O3/c1-21-10-4-3-5-11(22-2)13(10)12-8(6-16)14(18)19-15(20)9(12)7-17/h3-5H,1-2H3,(H3,18,19,20). The molecule has 0 aliphatic rings. The zero-order valence-electron chi connectivity index (χ0n) is 11.9. The topological polar surface area (TPSA) is 125 Å². The third-order valence-corrected chi connectivity index (χ3v) is 3.15. The van der Waals surface area contributed by atoms with E-state index in [0.717, 1.165) is 0 Å². The van der Waals surface area contributed by atoms with Gasteiger partial charge in [-0.1, -0.05) is 6.07 Å². The quantitative estimate of drug-likeness (QED) is 0.881. The summed E-state index contributed by atoms with van der Waals surface area (Å²) >= 11 is 0. The van der Waals surface area contributed by atoms with Crippen molar-refractivity contribution in [3.63, 3.8) is 0 Å². The third-order valence-electron chi connectivity index (χ3n) is 3.15. The first-order valence-corrected chi connectivity index (χ1v) is 6.16. The Hall–Kier alpha value is -3.45. The van der Waals surface area contributed by atoms with Gasteiger partial charge in [0.1, 0.15) is 40.6 Å². The molecule has 7 nitrogen and oxygen atoms in total. The van der Waals surface area contributed by atoms with Crippen LogP contribution in [0.3, 0.4) is 0 Å². The zero-order chi connectivity index (χ0) is 16.3. The Morgan fingerprint density at radius 3 is 2.05 bits per heavy atom. The molecular weight excluding hydrogens is 284 g/mol. The smallest absolute Gasteiger partial charge is 0.268 e. The number of aromatic nitrogens is 1. The molecule has 110 valence electrons. The first-order valence-electron chi connectivity index (χ1n) is 6.16. The van der Waals surface area contributed by atoms with Gasteiger partial charge in [-0.2, -0.15) is 10.5 Å². The fourth-order valence-electron chi connectivity index (χ4n) is 2.19. The lowest BCUT2D eigenvalue weighted by Crippen LogP contribution is -2.16. The number of H-pyrrole nitrogens is 1. The second-order valence-electron chi connectivity index (χ2n) is 4.25. The van der Waals surface area contributed by atoms with Crippen molar-refractivity contribution in [3.8, 4) is 34.8 Å². The highest BCUT2D eigenvalue weighted by atomic mass is 16.5. The van der Waals surface area contributed by atoms with Crippen molar-refractivity contribution < 1.29 is 9.47 Å². The van der Waals surface area contributed by atoms with E-state index in [1.165, 1.54) is 14.2 Å². The monoisotopic (exact) mass is 296 g/mol. The van der Waals surface area contributed by atoms with E-state index in [1.807, 2.05) is 6.07 Å². The summed E-state index contributed by atoms with van der Waals surface area (Å²) in [6.45, 7) is 0. The average molecular weight is 296 g/mol. The highest BCUT2D eigenvalue weighted by Crippen LogP contribution is 2.41. The summed E-state index contributed by atoms with van der Waals surface area (Å²) in [5.41, 5.74) is 5.22. The third kappa shape index (κ3) is 2.21. The molecule has 0 spiro atoms. The van der Waals surface area contributed by atoms with Crippen LogP contribution >= 0.6 is 0 Å². The fraction of sp³-hybridized carbons (Fsp3) is 0.133. The molecule has 0 radical (unpaired) electrons. The number of benzene rings is 1. The lowest BCUT2D eigenvalue weighted by Gasteiger charge is -2.15. The molecule has 0 saturated carbocycles. The molecule has 0 aliphatic heterocycles. The van der Waals surface area contributed by atoms with E-state index in [1.54, 1.807) is 24.3 Å². The number of hydrogen-bond acceptors (Lipinski definition) is 6. The molecule has 2 rings (SSSR count). The Bertz CT molecular complexity index is 850. The SMILES string of the molecule is COc1cccc(OC)c1-c1c(C#N)c(N)[nH]c(=O)c1C#N. The number of nitriles is 2. The minimum absolute atomic E-state index is 0.0149.